The normalized spacial score (nSPS) is 15.1. The Morgan fingerprint density at radius 3 is 2.33 bits per heavy atom. The highest BCUT2D eigenvalue weighted by Crippen LogP contribution is 2.16. The molecule has 0 aliphatic rings. The topological polar surface area (TPSA) is 46.5 Å². The molecule has 3 heteroatoms. The van der Waals surface area contributed by atoms with Crippen molar-refractivity contribution in [1.29, 1.82) is 0 Å². The van der Waals surface area contributed by atoms with Crippen LogP contribution < -0.4 is 0 Å². The average Bonchev–Trinajstić information content (AvgIpc) is 2.00. The lowest BCUT2D eigenvalue weighted by Gasteiger charge is -2.17. The van der Waals surface area contributed by atoms with Crippen LogP contribution in [-0.2, 0) is 9.53 Å². The van der Waals surface area contributed by atoms with Gasteiger partial charge in [0.25, 0.3) is 0 Å². The van der Waals surface area contributed by atoms with Crippen LogP contribution in [0.1, 0.15) is 47.0 Å². The summed E-state index contributed by atoms with van der Waals surface area (Å²) < 4.78 is 4.85. The molecule has 0 amide bonds. The Morgan fingerprint density at radius 2 is 1.87 bits per heavy atom. The molecule has 0 rings (SSSR count). The Kier molecular flexibility index (Phi) is 7.39. The van der Waals surface area contributed by atoms with Crippen LogP contribution in [0.15, 0.2) is 0 Å². The third kappa shape index (κ3) is 8.43. The van der Waals surface area contributed by atoms with Crippen LogP contribution in [0.25, 0.3) is 0 Å². The van der Waals surface area contributed by atoms with Crippen molar-refractivity contribution in [3.63, 3.8) is 0 Å². The highest BCUT2D eigenvalue weighted by Gasteiger charge is 2.15. The molecule has 0 aromatic heterocycles. The standard InChI is InChI=1S/C12H24O3/c1-5-15-12(14)8-10(4)7-11(13)6-9(2)3/h9-11,13H,5-8H2,1-4H3/t10-,11-/m1/s1. The second-order valence-corrected chi connectivity index (χ2v) is 4.63. The quantitative estimate of drug-likeness (QED) is 0.665. The van der Waals surface area contributed by atoms with Gasteiger partial charge in [-0.2, -0.15) is 0 Å². The summed E-state index contributed by atoms with van der Waals surface area (Å²) in [5, 5.41) is 9.68. The SMILES string of the molecule is CCOC(=O)C[C@H](C)C[C@H](O)CC(C)C. The first-order valence-corrected chi connectivity index (χ1v) is 5.79. The molecule has 15 heavy (non-hydrogen) atoms. The summed E-state index contributed by atoms with van der Waals surface area (Å²) in [5.41, 5.74) is 0. The van der Waals surface area contributed by atoms with E-state index in [1.54, 1.807) is 6.92 Å². The average molecular weight is 216 g/mol. The van der Waals surface area contributed by atoms with E-state index in [1.165, 1.54) is 0 Å². The first-order valence-electron chi connectivity index (χ1n) is 5.79. The zero-order valence-corrected chi connectivity index (χ0v) is 10.3. The minimum atomic E-state index is -0.297. The number of hydrogen-bond donors (Lipinski definition) is 1. The summed E-state index contributed by atoms with van der Waals surface area (Å²) in [6.45, 7) is 8.37. The number of ether oxygens (including phenoxy) is 1. The van der Waals surface area contributed by atoms with Crippen molar-refractivity contribution < 1.29 is 14.6 Å². The third-order valence-electron chi connectivity index (χ3n) is 2.24. The summed E-state index contributed by atoms with van der Waals surface area (Å²) in [6, 6.07) is 0. The number of aliphatic hydroxyl groups excluding tert-OH is 1. The lowest BCUT2D eigenvalue weighted by molar-refractivity contribution is -0.144. The second-order valence-electron chi connectivity index (χ2n) is 4.63. The predicted octanol–water partition coefficient (Wildman–Crippen LogP) is 2.37. The van der Waals surface area contributed by atoms with Crippen LogP contribution in [-0.4, -0.2) is 23.8 Å². The molecule has 90 valence electrons. The molecule has 0 saturated heterocycles. The van der Waals surface area contributed by atoms with E-state index < -0.39 is 0 Å². The summed E-state index contributed by atoms with van der Waals surface area (Å²) in [7, 11) is 0. The van der Waals surface area contributed by atoms with Crippen LogP contribution in [0, 0.1) is 11.8 Å². The monoisotopic (exact) mass is 216 g/mol. The third-order valence-corrected chi connectivity index (χ3v) is 2.24. The minimum absolute atomic E-state index is 0.165. The van der Waals surface area contributed by atoms with Gasteiger partial charge in [0.1, 0.15) is 0 Å². The van der Waals surface area contributed by atoms with E-state index in [4.69, 9.17) is 4.74 Å². The van der Waals surface area contributed by atoms with Crippen LogP contribution in [0.4, 0.5) is 0 Å². The molecule has 0 aromatic rings. The molecule has 0 aliphatic heterocycles. The highest BCUT2D eigenvalue weighted by atomic mass is 16.5. The smallest absolute Gasteiger partial charge is 0.306 e. The predicted molar refractivity (Wildman–Crippen MR) is 60.5 cm³/mol. The molecule has 0 aromatic carbocycles. The molecule has 0 radical (unpaired) electrons. The molecule has 0 aliphatic carbocycles. The maximum absolute atomic E-state index is 11.2. The van der Waals surface area contributed by atoms with Crippen LogP contribution >= 0.6 is 0 Å². The van der Waals surface area contributed by atoms with Gasteiger partial charge >= 0.3 is 5.97 Å². The van der Waals surface area contributed by atoms with E-state index in [9.17, 15) is 9.90 Å². The maximum Gasteiger partial charge on any atom is 0.306 e. The molecule has 1 N–H and O–H groups in total. The Hall–Kier alpha value is -0.570. The molecule has 0 heterocycles. The fraction of sp³-hybridized carbons (Fsp3) is 0.917. The first kappa shape index (κ1) is 14.4. The van der Waals surface area contributed by atoms with Gasteiger partial charge in [0.2, 0.25) is 0 Å². The van der Waals surface area contributed by atoms with E-state index >= 15 is 0 Å². The van der Waals surface area contributed by atoms with E-state index in [2.05, 4.69) is 13.8 Å². The molecule has 0 unspecified atom stereocenters. The zero-order chi connectivity index (χ0) is 11.8. The fourth-order valence-electron chi connectivity index (χ4n) is 1.69. The van der Waals surface area contributed by atoms with Gasteiger partial charge in [-0.1, -0.05) is 20.8 Å². The van der Waals surface area contributed by atoms with Gasteiger partial charge in [-0.25, -0.2) is 0 Å². The molecular weight excluding hydrogens is 192 g/mol. The largest absolute Gasteiger partial charge is 0.466 e. The minimum Gasteiger partial charge on any atom is -0.466 e. The first-order chi connectivity index (χ1) is 6.95. The van der Waals surface area contributed by atoms with E-state index in [-0.39, 0.29) is 18.0 Å². The summed E-state index contributed by atoms with van der Waals surface area (Å²) in [6.07, 6.45) is 1.59. The lowest BCUT2D eigenvalue weighted by Crippen LogP contribution is -2.17. The van der Waals surface area contributed by atoms with Gasteiger partial charge < -0.3 is 9.84 Å². The van der Waals surface area contributed by atoms with Gasteiger partial charge in [-0.3, -0.25) is 4.79 Å². The van der Waals surface area contributed by atoms with E-state index in [0.717, 1.165) is 6.42 Å². The highest BCUT2D eigenvalue weighted by molar-refractivity contribution is 5.69. The Bertz CT molecular complexity index is 178. The maximum atomic E-state index is 11.2. The van der Waals surface area contributed by atoms with Crippen molar-refractivity contribution in [2.24, 2.45) is 11.8 Å². The Balaban J connectivity index is 3.72. The molecule has 3 nitrogen and oxygen atoms in total. The lowest BCUT2D eigenvalue weighted by atomic mass is 9.95. The van der Waals surface area contributed by atoms with Gasteiger partial charge in [0, 0.05) is 6.42 Å². The van der Waals surface area contributed by atoms with Crippen LogP contribution in [0.2, 0.25) is 0 Å². The number of rotatable bonds is 7. The number of aliphatic hydroxyl groups is 1. The number of hydrogen-bond acceptors (Lipinski definition) is 3. The molecule has 0 fully saturated rings. The summed E-state index contributed by atoms with van der Waals surface area (Å²) in [4.78, 5) is 11.2. The van der Waals surface area contributed by atoms with Crippen LogP contribution in [0.3, 0.4) is 0 Å². The van der Waals surface area contributed by atoms with Crippen LogP contribution in [0.5, 0.6) is 0 Å². The zero-order valence-electron chi connectivity index (χ0n) is 10.3. The molecule has 0 saturated carbocycles. The summed E-state index contributed by atoms with van der Waals surface area (Å²) in [5.74, 6) is 0.523. The Morgan fingerprint density at radius 1 is 1.27 bits per heavy atom. The Labute approximate surface area is 92.8 Å². The molecule has 0 spiro atoms. The van der Waals surface area contributed by atoms with Gasteiger partial charge in [-0.05, 0) is 31.6 Å². The van der Waals surface area contributed by atoms with Gasteiger partial charge in [0.05, 0.1) is 12.7 Å². The van der Waals surface area contributed by atoms with Crippen molar-refractivity contribution in [2.45, 2.75) is 53.1 Å². The molecule has 0 bridgehead atoms. The van der Waals surface area contributed by atoms with Crippen molar-refractivity contribution in [1.82, 2.24) is 0 Å². The van der Waals surface area contributed by atoms with Crippen molar-refractivity contribution in [3.8, 4) is 0 Å². The van der Waals surface area contributed by atoms with Gasteiger partial charge in [-0.15, -0.1) is 0 Å². The summed E-state index contributed by atoms with van der Waals surface area (Å²) >= 11 is 0. The van der Waals surface area contributed by atoms with Crippen molar-refractivity contribution >= 4 is 5.97 Å². The van der Waals surface area contributed by atoms with Crippen molar-refractivity contribution in [3.05, 3.63) is 0 Å². The van der Waals surface area contributed by atoms with E-state index in [0.29, 0.717) is 25.4 Å². The number of carbonyl (C=O) groups is 1. The second kappa shape index (κ2) is 7.69. The molecule has 2 atom stereocenters. The number of carbonyl (C=O) groups excluding carboxylic acids is 1. The van der Waals surface area contributed by atoms with Crippen molar-refractivity contribution in [2.75, 3.05) is 6.61 Å². The fourth-order valence-corrected chi connectivity index (χ4v) is 1.69. The molecular formula is C12H24O3. The number of esters is 1. The van der Waals surface area contributed by atoms with E-state index in [1.807, 2.05) is 6.92 Å². The van der Waals surface area contributed by atoms with Gasteiger partial charge in [0.15, 0.2) is 0 Å².